The van der Waals surface area contributed by atoms with Crippen molar-refractivity contribution in [2.45, 2.75) is 27.3 Å². The zero-order valence-corrected chi connectivity index (χ0v) is 18.0. The summed E-state index contributed by atoms with van der Waals surface area (Å²) in [7, 11) is 0. The molecule has 0 atom stereocenters. The number of aryl methyl sites for hydroxylation is 1. The lowest BCUT2D eigenvalue weighted by atomic mass is 10.1. The Hall–Kier alpha value is -3.68. The van der Waals surface area contributed by atoms with E-state index in [-0.39, 0.29) is 13.2 Å². The zero-order chi connectivity index (χ0) is 22.4. The molecule has 8 heteroatoms. The van der Waals surface area contributed by atoms with Crippen LogP contribution in [0.2, 0.25) is 0 Å². The summed E-state index contributed by atoms with van der Waals surface area (Å²) in [6.07, 6.45) is 0. The van der Waals surface area contributed by atoms with Gasteiger partial charge in [-0.2, -0.15) is 0 Å². The van der Waals surface area contributed by atoms with Gasteiger partial charge in [-0.3, -0.25) is 4.79 Å². The predicted octanol–water partition coefficient (Wildman–Crippen LogP) is 3.99. The predicted molar refractivity (Wildman–Crippen MR) is 122 cm³/mol. The molecule has 0 fully saturated rings. The van der Waals surface area contributed by atoms with E-state index in [1.165, 1.54) is 0 Å². The van der Waals surface area contributed by atoms with Gasteiger partial charge < -0.3 is 30.4 Å². The number of nitrogen functional groups attached to an aromatic ring is 1. The summed E-state index contributed by atoms with van der Waals surface area (Å²) in [5, 5.41) is 6.13. The summed E-state index contributed by atoms with van der Waals surface area (Å²) < 4.78 is 12.6. The van der Waals surface area contributed by atoms with Gasteiger partial charge >= 0.3 is 12.0 Å². The quantitative estimate of drug-likeness (QED) is 0.474. The zero-order valence-electron chi connectivity index (χ0n) is 18.0. The Labute approximate surface area is 181 Å². The Morgan fingerprint density at radius 1 is 1.03 bits per heavy atom. The molecule has 0 radical (unpaired) electrons. The van der Waals surface area contributed by atoms with Crippen LogP contribution < -0.4 is 21.1 Å². The van der Waals surface area contributed by atoms with Crippen LogP contribution in [0.3, 0.4) is 0 Å². The number of rotatable bonds is 8. The average Bonchev–Trinajstić information content (AvgIpc) is 3.04. The van der Waals surface area contributed by atoms with Crippen molar-refractivity contribution >= 4 is 34.3 Å². The number of amides is 2. The van der Waals surface area contributed by atoms with Gasteiger partial charge in [0.15, 0.2) is 0 Å². The van der Waals surface area contributed by atoms with Gasteiger partial charge in [0.1, 0.15) is 12.3 Å². The van der Waals surface area contributed by atoms with Crippen LogP contribution in [0.1, 0.15) is 20.8 Å². The van der Waals surface area contributed by atoms with Gasteiger partial charge in [0.05, 0.1) is 30.1 Å². The van der Waals surface area contributed by atoms with Crippen LogP contribution in [0.25, 0.3) is 22.2 Å². The number of esters is 1. The van der Waals surface area contributed by atoms with Crippen LogP contribution in [0, 0.1) is 0 Å². The molecular weight excluding hydrogens is 396 g/mol. The Morgan fingerprint density at radius 2 is 1.77 bits per heavy atom. The first-order valence-electron chi connectivity index (χ1n) is 10.3. The molecule has 8 nitrogen and oxygen atoms in total. The number of benzene rings is 2. The molecule has 164 valence electrons. The lowest BCUT2D eigenvalue weighted by Crippen LogP contribution is -2.34. The number of nitrogens with zero attached hydrogens (tertiary/aromatic N) is 1. The Kier molecular flexibility index (Phi) is 7.02. The minimum Gasteiger partial charge on any atom is -0.494 e. The van der Waals surface area contributed by atoms with Gasteiger partial charge in [0, 0.05) is 29.2 Å². The van der Waals surface area contributed by atoms with E-state index in [0.717, 1.165) is 34.5 Å². The number of anilines is 2. The molecule has 4 N–H and O–H groups in total. The Balaban J connectivity index is 1.81. The van der Waals surface area contributed by atoms with Gasteiger partial charge in [-0.1, -0.05) is 12.1 Å². The summed E-state index contributed by atoms with van der Waals surface area (Å²) >= 11 is 0. The molecule has 31 heavy (non-hydrogen) atoms. The maximum atomic E-state index is 12.0. The average molecular weight is 425 g/mol. The molecule has 0 aliphatic rings. The highest BCUT2D eigenvalue weighted by atomic mass is 16.5. The summed E-state index contributed by atoms with van der Waals surface area (Å²) in [6.45, 7) is 7.16. The van der Waals surface area contributed by atoms with E-state index in [4.69, 9.17) is 15.2 Å². The third kappa shape index (κ3) is 4.91. The Bertz CT molecular complexity index is 1070. The van der Waals surface area contributed by atoms with Gasteiger partial charge in [-0.15, -0.1) is 0 Å². The highest BCUT2D eigenvalue weighted by Gasteiger charge is 2.17. The van der Waals surface area contributed by atoms with Crippen LogP contribution in [-0.2, 0) is 16.1 Å². The van der Waals surface area contributed by atoms with Crippen molar-refractivity contribution < 1.29 is 19.1 Å². The van der Waals surface area contributed by atoms with Crippen LogP contribution >= 0.6 is 0 Å². The van der Waals surface area contributed by atoms with Crippen LogP contribution in [0.5, 0.6) is 5.75 Å². The molecule has 0 bridgehead atoms. The van der Waals surface area contributed by atoms with Crippen molar-refractivity contribution in [2.75, 3.05) is 30.8 Å². The second-order valence-electron chi connectivity index (χ2n) is 6.81. The van der Waals surface area contributed by atoms with E-state index in [0.29, 0.717) is 18.0 Å². The molecule has 3 aromatic rings. The van der Waals surface area contributed by atoms with Crippen LogP contribution in [0.15, 0.2) is 42.5 Å². The number of carbonyl (C=O) groups is 2. The van der Waals surface area contributed by atoms with E-state index in [1.54, 1.807) is 19.1 Å². The SMILES string of the molecule is CCOC(=O)CNC(=O)Nc1ccc(-c2c(N)c3ccc(OCC)cc3n2CC)cc1. The molecule has 0 spiro atoms. The van der Waals surface area contributed by atoms with Crippen molar-refractivity contribution in [1.82, 2.24) is 9.88 Å². The normalized spacial score (nSPS) is 10.7. The fourth-order valence-electron chi connectivity index (χ4n) is 3.50. The van der Waals surface area contributed by atoms with Gasteiger partial charge in [0.2, 0.25) is 0 Å². The molecular formula is C23H28N4O4. The molecule has 0 aliphatic heterocycles. The first-order chi connectivity index (χ1) is 15.0. The molecule has 0 unspecified atom stereocenters. The molecule has 0 saturated carbocycles. The van der Waals surface area contributed by atoms with Crippen molar-refractivity contribution in [3.8, 4) is 17.0 Å². The number of urea groups is 1. The number of carbonyl (C=O) groups excluding carboxylic acids is 2. The number of fused-ring (bicyclic) bond motifs is 1. The second kappa shape index (κ2) is 9.88. The van der Waals surface area contributed by atoms with Crippen molar-refractivity contribution in [1.29, 1.82) is 0 Å². The number of nitrogens with two attached hydrogens (primary N) is 1. The molecule has 1 aromatic heterocycles. The molecule has 1 heterocycles. The van der Waals surface area contributed by atoms with Crippen LogP contribution in [0.4, 0.5) is 16.2 Å². The maximum Gasteiger partial charge on any atom is 0.325 e. The third-order valence-electron chi connectivity index (χ3n) is 4.82. The summed E-state index contributed by atoms with van der Waals surface area (Å²) in [4.78, 5) is 23.3. The van der Waals surface area contributed by atoms with E-state index in [9.17, 15) is 9.59 Å². The minimum absolute atomic E-state index is 0.186. The van der Waals surface area contributed by atoms with Crippen molar-refractivity contribution in [3.05, 3.63) is 42.5 Å². The number of aromatic nitrogens is 1. The number of nitrogens with one attached hydrogen (secondary N) is 2. The first kappa shape index (κ1) is 22.0. The lowest BCUT2D eigenvalue weighted by molar-refractivity contribution is -0.141. The maximum absolute atomic E-state index is 12.0. The second-order valence-corrected chi connectivity index (χ2v) is 6.81. The van der Waals surface area contributed by atoms with E-state index < -0.39 is 12.0 Å². The highest BCUT2D eigenvalue weighted by molar-refractivity contribution is 6.01. The van der Waals surface area contributed by atoms with E-state index >= 15 is 0 Å². The van der Waals surface area contributed by atoms with E-state index in [1.807, 2.05) is 37.3 Å². The third-order valence-corrected chi connectivity index (χ3v) is 4.82. The fraction of sp³-hybridized carbons (Fsp3) is 0.304. The largest absolute Gasteiger partial charge is 0.494 e. The smallest absolute Gasteiger partial charge is 0.325 e. The minimum atomic E-state index is -0.483. The van der Waals surface area contributed by atoms with Crippen molar-refractivity contribution in [3.63, 3.8) is 0 Å². The summed E-state index contributed by atoms with van der Waals surface area (Å²) in [5.41, 5.74) is 10.7. The molecule has 0 saturated heterocycles. The highest BCUT2D eigenvalue weighted by Crippen LogP contribution is 2.38. The van der Waals surface area contributed by atoms with E-state index in [2.05, 4.69) is 22.1 Å². The number of ether oxygens (including phenoxy) is 2. The van der Waals surface area contributed by atoms with Crippen LogP contribution in [-0.4, -0.2) is 36.3 Å². The molecule has 2 amide bonds. The molecule has 2 aromatic carbocycles. The Morgan fingerprint density at radius 3 is 2.42 bits per heavy atom. The van der Waals surface area contributed by atoms with Gasteiger partial charge in [0.25, 0.3) is 0 Å². The van der Waals surface area contributed by atoms with Crippen molar-refractivity contribution in [2.24, 2.45) is 0 Å². The number of hydrogen-bond acceptors (Lipinski definition) is 5. The fourth-order valence-corrected chi connectivity index (χ4v) is 3.50. The standard InChI is InChI=1S/C23H28N4O4/c1-4-27-19-13-17(30-5-2)11-12-18(19)21(24)22(27)15-7-9-16(10-8-15)26-23(29)25-14-20(28)31-6-3/h7-13H,4-6,14,24H2,1-3H3,(H2,25,26,29). The lowest BCUT2D eigenvalue weighted by Gasteiger charge is -2.11. The van der Waals surface area contributed by atoms with Gasteiger partial charge in [-0.25, -0.2) is 4.79 Å². The monoisotopic (exact) mass is 424 g/mol. The van der Waals surface area contributed by atoms with Gasteiger partial charge in [-0.05, 0) is 45.0 Å². The molecule has 0 aliphatic carbocycles. The number of hydrogen-bond donors (Lipinski definition) is 3. The first-order valence-corrected chi connectivity index (χ1v) is 10.3. The molecule has 3 rings (SSSR count). The summed E-state index contributed by atoms with van der Waals surface area (Å²) in [6, 6.07) is 12.8. The summed E-state index contributed by atoms with van der Waals surface area (Å²) in [5.74, 6) is 0.325. The topological polar surface area (TPSA) is 108 Å².